The van der Waals surface area contributed by atoms with Crippen molar-refractivity contribution in [3.8, 4) is 0 Å². The third-order valence-corrected chi connectivity index (χ3v) is 5.05. The average Bonchev–Trinajstić information content (AvgIpc) is 2.85. The molecule has 0 bridgehead atoms. The van der Waals surface area contributed by atoms with E-state index in [9.17, 15) is 8.42 Å². The molecule has 0 atom stereocenters. The summed E-state index contributed by atoms with van der Waals surface area (Å²) < 4.78 is 27.5. The highest BCUT2D eigenvalue weighted by Gasteiger charge is 2.20. The highest BCUT2D eigenvalue weighted by atomic mass is 32.2. The molecule has 0 unspecified atom stereocenters. The maximum atomic E-state index is 12.3. The van der Waals surface area contributed by atoms with Crippen molar-refractivity contribution in [2.24, 2.45) is 7.05 Å². The van der Waals surface area contributed by atoms with Gasteiger partial charge in [0.2, 0.25) is 10.0 Å². The first-order valence-corrected chi connectivity index (χ1v) is 8.04. The molecule has 1 aromatic heterocycles. The lowest BCUT2D eigenvalue weighted by Gasteiger charge is -2.15. The molecule has 0 aliphatic heterocycles. The van der Waals surface area contributed by atoms with Gasteiger partial charge in [0.15, 0.2) is 0 Å². The predicted octanol–water partition coefficient (Wildman–Crippen LogP) is 0.960. The Bertz CT molecular complexity index is 707. The van der Waals surface area contributed by atoms with Crippen LogP contribution >= 0.6 is 0 Å². The van der Waals surface area contributed by atoms with Crippen LogP contribution in [0.2, 0.25) is 0 Å². The van der Waals surface area contributed by atoms with Gasteiger partial charge in [0.1, 0.15) is 0 Å². The Morgan fingerprint density at radius 3 is 2.57 bits per heavy atom. The van der Waals surface area contributed by atoms with E-state index in [0.29, 0.717) is 18.0 Å². The Kier molecular flexibility index (Phi) is 4.76. The van der Waals surface area contributed by atoms with Crippen molar-refractivity contribution < 1.29 is 8.42 Å². The lowest BCUT2D eigenvalue weighted by molar-refractivity contribution is 0.518. The Morgan fingerprint density at radius 1 is 1.24 bits per heavy atom. The number of sulfonamides is 1. The summed E-state index contributed by atoms with van der Waals surface area (Å²) in [5.74, 6) is 0. The molecule has 2 aromatic rings. The molecule has 6 nitrogen and oxygen atoms in total. The molecule has 0 radical (unpaired) electrons. The smallest absolute Gasteiger partial charge is 0.242 e. The maximum Gasteiger partial charge on any atom is 0.242 e. The molecule has 0 aliphatic rings. The van der Waals surface area contributed by atoms with Gasteiger partial charge in [-0.25, -0.2) is 12.7 Å². The third kappa shape index (κ3) is 3.69. The first-order valence-electron chi connectivity index (χ1n) is 6.60. The second kappa shape index (κ2) is 6.38. The van der Waals surface area contributed by atoms with Gasteiger partial charge >= 0.3 is 0 Å². The molecule has 7 heteroatoms. The SMILES string of the molecule is CN(C)S(=O)(=O)c1ccccc1CNCc1cnn(C)c1. The molecular weight excluding hydrogens is 288 g/mol. The van der Waals surface area contributed by atoms with Crippen LogP contribution in [-0.2, 0) is 30.2 Å². The fraction of sp³-hybridized carbons (Fsp3) is 0.357. The summed E-state index contributed by atoms with van der Waals surface area (Å²) in [5, 5.41) is 7.34. The lowest BCUT2D eigenvalue weighted by atomic mass is 10.2. The van der Waals surface area contributed by atoms with E-state index >= 15 is 0 Å². The zero-order valence-corrected chi connectivity index (χ0v) is 13.3. The molecule has 21 heavy (non-hydrogen) atoms. The van der Waals surface area contributed by atoms with Gasteiger partial charge < -0.3 is 5.32 Å². The van der Waals surface area contributed by atoms with Crippen molar-refractivity contribution in [1.29, 1.82) is 0 Å². The normalized spacial score (nSPS) is 12.0. The van der Waals surface area contributed by atoms with Crippen LogP contribution in [0.1, 0.15) is 11.1 Å². The third-order valence-electron chi connectivity index (χ3n) is 3.13. The van der Waals surface area contributed by atoms with Crippen molar-refractivity contribution in [3.63, 3.8) is 0 Å². The van der Waals surface area contributed by atoms with Gasteiger partial charge in [-0.1, -0.05) is 18.2 Å². The fourth-order valence-corrected chi connectivity index (χ4v) is 3.12. The van der Waals surface area contributed by atoms with E-state index in [-0.39, 0.29) is 0 Å². The molecular formula is C14H20N4O2S. The summed E-state index contributed by atoms with van der Waals surface area (Å²) in [6.45, 7) is 1.13. The van der Waals surface area contributed by atoms with Crippen molar-refractivity contribution in [3.05, 3.63) is 47.8 Å². The predicted molar refractivity (Wildman–Crippen MR) is 81.1 cm³/mol. The topological polar surface area (TPSA) is 67.2 Å². The van der Waals surface area contributed by atoms with Gasteiger partial charge in [0.25, 0.3) is 0 Å². The number of rotatable bonds is 6. The first kappa shape index (κ1) is 15.7. The van der Waals surface area contributed by atoms with Crippen LogP contribution in [0.15, 0.2) is 41.6 Å². The molecule has 2 rings (SSSR count). The van der Waals surface area contributed by atoms with Crippen LogP contribution in [0.3, 0.4) is 0 Å². The Labute approximate surface area is 125 Å². The summed E-state index contributed by atoms with van der Waals surface area (Å²) in [5.41, 5.74) is 1.82. The van der Waals surface area contributed by atoms with E-state index < -0.39 is 10.0 Å². The summed E-state index contributed by atoms with van der Waals surface area (Å²) >= 11 is 0. The minimum atomic E-state index is -3.42. The molecule has 0 saturated heterocycles. The highest BCUT2D eigenvalue weighted by molar-refractivity contribution is 7.89. The van der Waals surface area contributed by atoms with Crippen molar-refractivity contribution in [2.45, 2.75) is 18.0 Å². The van der Waals surface area contributed by atoms with E-state index in [1.165, 1.54) is 18.4 Å². The highest BCUT2D eigenvalue weighted by Crippen LogP contribution is 2.18. The largest absolute Gasteiger partial charge is 0.308 e. The quantitative estimate of drug-likeness (QED) is 0.863. The zero-order valence-electron chi connectivity index (χ0n) is 12.4. The molecule has 0 spiro atoms. The molecule has 0 aliphatic carbocycles. The summed E-state index contributed by atoms with van der Waals surface area (Å²) in [4.78, 5) is 0.341. The van der Waals surface area contributed by atoms with Crippen LogP contribution in [-0.4, -0.2) is 36.6 Å². The van der Waals surface area contributed by atoms with Gasteiger partial charge in [-0.05, 0) is 11.6 Å². The van der Waals surface area contributed by atoms with Crippen LogP contribution in [0, 0.1) is 0 Å². The van der Waals surface area contributed by atoms with Crippen molar-refractivity contribution in [2.75, 3.05) is 14.1 Å². The van der Waals surface area contributed by atoms with E-state index in [1.54, 1.807) is 23.0 Å². The van der Waals surface area contributed by atoms with Crippen molar-refractivity contribution in [1.82, 2.24) is 19.4 Å². The summed E-state index contributed by atoms with van der Waals surface area (Å²) in [6, 6.07) is 7.04. The number of nitrogens with one attached hydrogen (secondary N) is 1. The Hall–Kier alpha value is -1.70. The molecule has 0 saturated carbocycles. The summed E-state index contributed by atoms with van der Waals surface area (Å²) in [6.07, 6.45) is 3.71. The molecule has 1 N–H and O–H groups in total. The number of nitrogens with zero attached hydrogens (tertiary/aromatic N) is 3. The Balaban J connectivity index is 2.10. The number of aromatic nitrogens is 2. The molecule has 1 heterocycles. The van der Waals surface area contributed by atoms with Crippen LogP contribution in [0.5, 0.6) is 0 Å². The van der Waals surface area contributed by atoms with E-state index in [1.807, 2.05) is 25.4 Å². The number of benzene rings is 1. The first-order chi connectivity index (χ1) is 9.91. The minimum absolute atomic E-state index is 0.341. The standard InChI is InChI=1S/C14H20N4O2S/c1-17(2)21(19,20)14-7-5-4-6-13(14)10-15-8-12-9-16-18(3)11-12/h4-7,9,11,15H,8,10H2,1-3H3. The minimum Gasteiger partial charge on any atom is -0.308 e. The van der Waals surface area contributed by atoms with Gasteiger partial charge in [0.05, 0.1) is 11.1 Å². The second-order valence-corrected chi connectivity index (χ2v) is 7.14. The number of hydrogen-bond donors (Lipinski definition) is 1. The maximum absolute atomic E-state index is 12.3. The summed E-state index contributed by atoms with van der Waals surface area (Å²) in [7, 11) is 1.52. The van der Waals surface area contributed by atoms with Gasteiger partial charge in [-0.15, -0.1) is 0 Å². The zero-order chi connectivity index (χ0) is 15.5. The molecule has 0 fully saturated rings. The van der Waals surface area contributed by atoms with E-state index in [0.717, 1.165) is 11.1 Å². The number of hydrogen-bond acceptors (Lipinski definition) is 4. The Morgan fingerprint density at radius 2 is 1.95 bits per heavy atom. The van der Waals surface area contributed by atoms with Gasteiger partial charge in [-0.2, -0.15) is 5.10 Å². The molecule has 0 amide bonds. The lowest BCUT2D eigenvalue weighted by Crippen LogP contribution is -2.24. The monoisotopic (exact) mass is 308 g/mol. The van der Waals surface area contributed by atoms with Gasteiger partial charge in [-0.3, -0.25) is 4.68 Å². The van der Waals surface area contributed by atoms with E-state index in [2.05, 4.69) is 10.4 Å². The second-order valence-electron chi connectivity index (χ2n) is 5.02. The average molecular weight is 308 g/mol. The van der Waals surface area contributed by atoms with Crippen LogP contribution < -0.4 is 5.32 Å². The van der Waals surface area contributed by atoms with Crippen LogP contribution in [0.25, 0.3) is 0 Å². The fourth-order valence-electron chi connectivity index (χ4n) is 2.00. The molecule has 1 aromatic carbocycles. The van der Waals surface area contributed by atoms with E-state index in [4.69, 9.17) is 0 Å². The number of aryl methyl sites for hydroxylation is 1. The van der Waals surface area contributed by atoms with Crippen molar-refractivity contribution >= 4 is 10.0 Å². The van der Waals surface area contributed by atoms with Crippen LogP contribution in [0.4, 0.5) is 0 Å². The molecule has 114 valence electrons. The van der Waals surface area contributed by atoms with Gasteiger partial charge in [0, 0.05) is 46.0 Å².